The number of hydrogen-bond donors (Lipinski definition) is 0. The Morgan fingerprint density at radius 3 is 2.83 bits per heavy atom. The molecule has 118 valence electrons. The van der Waals surface area contributed by atoms with Crippen molar-refractivity contribution in [3.8, 4) is 0 Å². The van der Waals surface area contributed by atoms with Crippen molar-refractivity contribution in [3.63, 3.8) is 0 Å². The Kier molecular flexibility index (Phi) is 4.43. The van der Waals surface area contributed by atoms with Crippen molar-refractivity contribution in [2.24, 2.45) is 0 Å². The van der Waals surface area contributed by atoms with Gasteiger partial charge in [0.15, 0.2) is 0 Å². The molecule has 0 spiro atoms. The Morgan fingerprint density at radius 1 is 1.30 bits per heavy atom. The van der Waals surface area contributed by atoms with Gasteiger partial charge in [-0.25, -0.2) is 4.39 Å². The summed E-state index contributed by atoms with van der Waals surface area (Å²) in [6.07, 6.45) is 0.0901. The molecular weight excluding hydrogens is 363 g/mol. The normalized spacial score (nSPS) is 10.9. The van der Waals surface area contributed by atoms with Gasteiger partial charge >= 0.3 is 5.97 Å². The summed E-state index contributed by atoms with van der Waals surface area (Å²) < 4.78 is 21.2. The smallest absolute Gasteiger partial charge is 0.311 e. The summed E-state index contributed by atoms with van der Waals surface area (Å²) >= 11 is 3.25. The van der Waals surface area contributed by atoms with E-state index in [4.69, 9.17) is 4.74 Å². The number of benzene rings is 2. The van der Waals surface area contributed by atoms with Crippen LogP contribution in [0.25, 0.3) is 10.9 Å². The van der Waals surface area contributed by atoms with E-state index in [0.717, 1.165) is 10.9 Å². The van der Waals surface area contributed by atoms with Gasteiger partial charge < -0.3 is 4.74 Å². The van der Waals surface area contributed by atoms with Gasteiger partial charge in [-0.05, 0) is 18.2 Å². The van der Waals surface area contributed by atoms with Crippen molar-refractivity contribution in [1.29, 1.82) is 0 Å². The van der Waals surface area contributed by atoms with Crippen molar-refractivity contribution in [2.45, 2.75) is 13.0 Å². The van der Waals surface area contributed by atoms with Crippen LogP contribution in [0.2, 0.25) is 0 Å². The highest BCUT2D eigenvalue weighted by atomic mass is 79.9. The number of fused-ring (bicyclic) bond motifs is 1. The van der Waals surface area contributed by atoms with Gasteiger partial charge in [-0.2, -0.15) is 5.10 Å². The largest absolute Gasteiger partial charge is 0.469 e. The van der Waals surface area contributed by atoms with Gasteiger partial charge in [0.25, 0.3) is 0 Å². The number of methoxy groups -OCH3 is 1. The van der Waals surface area contributed by atoms with Crippen LogP contribution < -0.4 is 0 Å². The van der Waals surface area contributed by atoms with Crippen molar-refractivity contribution in [3.05, 3.63) is 64.0 Å². The van der Waals surface area contributed by atoms with Crippen molar-refractivity contribution in [1.82, 2.24) is 9.78 Å². The predicted octanol–water partition coefficient (Wildman–Crippen LogP) is 3.70. The van der Waals surface area contributed by atoms with Crippen LogP contribution in [-0.2, 0) is 22.5 Å². The van der Waals surface area contributed by atoms with Gasteiger partial charge in [0.1, 0.15) is 5.82 Å². The Bertz CT molecular complexity index is 876. The van der Waals surface area contributed by atoms with E-state index >= 15 is 0 Å². The summed E-state index contributed by atoms with van der Waals surface area (Å²) in [5.41, 5.74) is 2.02. The Balaban J connectivity index is 2.02. The number of carbonyl (C=O) groups is 1. The SMILES string of the molecule is COC(=O)Cc1nn(Cc2ccc(Br)cc2F)c2ccccc12. The molecule has 3 aromatic rings. The number of nitrogens with zero attached hydrogens (tertiary/aromatic N) is 2. The predicted molar refractivity (Wildman–Crippen MR) is 88.7 cm³/mol. The standard InChI is InChI=1S/C17H14BrFN2O2/c1-23-17(22)9-15-13-4-2-3-5-16(13)21(20-15)10-11-6-7-12(18)8-14(11)19/h2-8H,9-10H2,1H3. The van der Waals surface area contributed by atoms with Crippen molar-refractivity contribution >= 4 is 32.8 Å². The van der Waals surface area contributed by atoms with E-state index in [1.807, 2.05) is 24.3 Å². The first kappa shape index (κ1) is 15.7. The van der Waals surface area contributed by atoms with E-state index in [-0.39, 0.29) is 18.2 Å². The first-order chi connectivity index (χ1) is 11.1. The molecule has 0 saturated heterocycles. The summed E-state index contributed by atoms with van der Waals surface area (Å²) in [6, 6.07) is 12.5. The molecule has 0 fully saturated rings. The zero-order chi connectivity index (χ0) is 16.4. The molecule has 0 radical (unpaired) electrons. The zero-order valence-electron chi connectivity index (χ0n) is 12.4. The molecule has 2 aromatic carbocycles. The summed E-state index contributed by atoms with van der Waals surface area (Å²) in [5, 5.41) is 5.34. The lowest BCUT2D eigenvalue weighted by Crippen LogP contribution is -2.07. The van der Waals surface area contributed by atoms with E-state index in [1.165, 1.54) is 13.2 Å². The van der Waals surface area contributed by atoms with Crippen LogP contribution in [-0.4, -0.2) is 22.9 Å². The van der Waals surface area contributed by atoms with Gasteiger partial charge in [0.2, 0.25) is 0 Å². The van der Waals surface area contributed by atoms with Crippen LogP contribution in [0.5, 0.6) is 0 Å². The fraction of sp³-hybridized carbons (Fsp3) is 0.176. The Morgan fingerprint density at radius 2 is 2.09 bits per heavy atom. The molecule has 0 aliphatic carbocycles. The Hall–Kier alpha value is -2.21. The van der Waals surface area contributed by atoms with E-state index < -0.39 is 0 Å². The first-order valence-corrected chi connectivity index (χ1v) is 7.83. The number of esters is 1. The topological polar surface area (TPSA) is 44.1 Å². The number of para-hydroxylation sites is 1. The molecule has 6 heteroatoms. The highest BCUT2D eigenvalue weighted by Gasteiger charge is 2.15. The molecule has 1 heterocycles. The van der Waals surface area contributed by atoms with Gasteiger partial charge in [-0.3, -0.25) is 9.48 Å². The van der Waals surface area contributed by atoms with E-state index in [9.17, 15) is 9.18 Å². The van der Waals surface area contributed by atoms with Crippen LogP contribution >= 0.6 is 15.9 Å². The average molecular weight is 377 g/mol. The summed E-state index contributed by atoms with van der Waals surface area (Å²) in [7, 11) is 1.35. The lowest BCUT2D eigenvalue weighted by atomic mass is 10.1. The number of halogens is 2. The van der Waals surface area contributed by atoms with E-state index in [0.29, 0.717) is 22.3 Å². The Labute approximate surface area is 141 Å². The van der Waals surface area contributed by atoms with Crippen LogP contribution in [0, 0.1) is 5.82 Å². The second-order valence-corrected chi connectivity index (χ2v) is 6.03. The molecule has 0 unspecified atom stereocenters. The second-order valence-electron chi connectivity index (χ2n) is 5.11. The quantitative estimate of drug-likeness (QED) is 0.652. The number of aromatic nitrogens is 2. The maximum Gasteiger partial charge on any atom is 0.311 e. The van der Waals surface area contributed by atoms with Crippen LogP contribution in [0.3, 0.4) is 0 Å². The van der Waals surface area contributed by atoms with Crippen LogP contribution in [0.4, 0.5) is 4.39 Å². The maximum atomic E-state index is 14.1. The highest BCUT2D eigenvalue weighted by Crippen LogP contribution is 2.22. The second kappa shape index (κ2) is 6.50. The first-order valence-electron chi connectivity index (χ1n) is 7.03. The molecule has 0 aliphatic heterocycles. The third-order valence-electron chi connectivity index (χ3n) is 3.61. The minimum absolute atomic E-state index is 0.0901. The van der Waals surface area contributed by atoms with Crippen molar-refractivity contribution < 1.29 is 13.9 Å². The monoisotopic (exact) mass is 376 g/mol. The molecule has 0 atom stereocenters. The zero-order valence-corrected chi connectivity index (χ0v) is 14.0. The van der Waals surface area contributed by atoms with Crippen molar-refractivity contribution in [2.75, 3.05) is 7.11 Å². The number of ether oxygens (including phenoxy) is 1. The minimum atomic E-state index is -0.352. The van der Waals surface area contributed by atoms with Gasteiger partial charge in [-0.1, -0.05) is 40.2 Å². The van der Waals surface area contributed by atoms with Gasteiger partial charge in [-0.15, -0.1) is 0 Å². The maximum absolute atomic E-state index is 14.1. The number of carbonyl (C=O) groups excluding carboxylic acids is 1. The summed E-state index contributed by atoms with van der Waals surface area (Å²) in [5.74, 6) is -0.649. The molecule has 0 amide bonds. The third kappa shape index (κ3) is 3.27. The number of hydrogen-bond acceptors (Lipinski definition) is 3. The molecule has 23 heavy (non-hydrogen) atoms. The minimum Gasteiger partial charge on any atom is -0.469 e. The lowest BCUT2D eigenvalue weighted by molar-refractivity contribution is -0.139. The fourth-order valence-corrected chi connectivity index (χ4v) is 2.80. The summed E-state index contributed by atoms with van der Waals surface area (Å²) in [4.78, 5) is 11.5. The lowest BCUT2D eigenvalue weighted by Gasteiger charge is -2.05. The molecule has 0 N–H and O–H groups in total. The summed E-state index contributed by atoms with van der Waals surface area (Å²) in [6.45, 7) is 0.292. The molecule has 3 rings (SSSR count). The molecule has 0 bridgehead atoms. The van der Waals surface area contributed by atoms with Gasteiger partial charge in [0.05, 0.1) is 31.3 Å². The van der Waals surface area contributed by atoms with Gasteiger partial charge in [0, 0.05) is 15.4 Å². The van der Waals surface area contributed by atoms with E-state index in [1.54, 1.807) is 16.8 Å². The molecule has 1 aromatic heterocycles. The molecule has 0 aliphatic rings. The molecule has 0 saturated carbocycles. The fourth-order valence-electron chi connectivity index (χ4n) is 2.47. The average Bonchev–Trinajstić information content (AvgIpc) is 2.88. The molecule has 4 nitrogen and oxygen atoms in total. The molecular formula is C17H14BrFN2O2. The third-order valence-corrected chi connectivity index (χ3v) is 4.10. The highest BCUT2D eigenvalue weighted by molar-refractivity contribution is 9.10. The van der Waals surface area contributed by atoms with Crippen LogP contribution in [0.1, 0.15) is 11.3 Å². The number of rotatable bonds is 4. The van der Waals surface area contributed by atoms with Crippen LogP contribution in [0.15, 0.2) is 46.9 Å². The van der Waals surface area contributed by atoms with E-state index in [2.05, 4.69) is 21.0 Å².